The predicted octanol–water partition coefficient (Wildman–Crippen LogP) is 2.42. The number of hydrogen-bond donors (Lipinski definition) is 1. The molecule has 9 nitrogen and oxygen atoms in total. The number of nitrogens with one attached hydrogen (secondary N) is 1. The van der Waals surface area contributed by atoms with Gasteiger partial charge in [0.05, 0.1) is 24.3 Å². The first kappa shape index (κ1) is 27.5. The molecule has 0 aliphatic carbocycles. The topological polar surface area (TPSA) is 97.0 Å². The third-order valence-corrected chi connectivity index (χ3v) is 8.96. The lowest BCUT2D eigenvalue weighted by atomic mass is 9.88. The van der Waals surface area contributed by atoms with Crippen LogP contribution in [0.5, 0.6) is 0 Å². The Morgan fingerprint density at radius 2 is 1.70 bits per heavy atom. The maximum absolute atomic E-state index is 13.5. The standard InChI is InChI=1S/C26H35N5O4S.ClH/c1-18(2)23-24-22(31(26(23)33)36(3,34)35)11-12-30(24)25(32)21-10-9-19(27-21)17-28-13-15-29(16-14-28)20-7-5-4-6-8-20;/h4-10,18,22-24,27H,11-17H2,1-3H3;1H/t22-,23+,24-;/m1./s1. The molecule has 3 atom stereocenters. The van der Waals surface area contributed by atoms with Crippen molar-refractivity contribution in [1.82, 2.24) is 19.1 Å². The van der Waals surface area contributed by atoms with Crippen LogP contribution in [0.4, 0.5) is 5.69 Å². The predicted molar refractivity (Wildman–Crippen MR) is 145 cm³/mol. The first-order valence-corrected chi connectivity index (χ1v) is 14.5. The Hall–Kier alpha value is -2.56. The number of likely N-dealkylation sites (tertiary alicyclic amines) is 1. The van der Waals surface area contributed by atoms with Crippen molar-refractivity contribution >= 4 is 39.9 Å². The van der Waals surface area contributed by atoms with Gasteiger partial charge in [-0.15, -0.1) is 12.4 Å². The second kappa shape index (κ2) is 10.7. The minimum Gasteiger partial charge on any atom is -0.369 e. The molecular formula is C26H36ClN5O4S. The molecule has 3 aliphatic heterocycles. The summed E-state index contributed by atoms with van der Waals surface area (Å²) in [7, 11) is -3.69. The number of para-hydroxylation sites is 1. The number of carbonyl (C=O) groups is 2. The van der Waals surface area contributed by atoms with Gasteiger partial charge in [0.1, 0.15) is 5.69 Å². The maximum atomic E-state index is 13.5. The van der Waals surface area contributed by atoms with Gasteiger partial charge in [0, 0.05) is 50.6 Å². The van der Waals surface area contributed by atoms with Gasteiger partial charge in [-0.2, -0.15) is 0 Å². The van der Waals surface area contributed by atoms with Crippen molar-refractivity contribution in [3.63, 3.8) is 0 Å². The average molecular weight is 550 g/mol. The fourth-order valence-electron chi connectivity index (χ4n) is 6.13. The van der Waals surface area contributed by atoms with Gasteiger partial charge in [0.25, 0.3) is 5.91 Å². The number of anilines is 1. The zero-order valence-corrected chi connectivity index (χ0v) is 23.2. The molecule has 37 heavy (non-hydrogen) atoms. The number of rotatable bonds is 6. The van der Waals surface area contributed by atoms with E-state index in [0.717, 1.165) is 49.0 Å². The minimum absolute atomic E-state index is 0. The van der Waals surface area contributed by atoms with Crippen LogP contribution in [0.3, 0.4) is 0 Å². The molecule has 0 saturated carbocycles. The highest BCUT2D eigenvalue weighted by atomic mass is 35.5. The van der Waals surface area contributed by atoms with Crippen molar-refractivity contribution in [2.45, 2.75) is 38.9 Å². The first-order chi connectivity index (χ1) is 17.1. The van der Waals surface area contributed by atoms with Gasteiger partial charge in [-0.3, -0.25) is 14.5 Å². The van der Waals surface area contributed by atoms with Crippen molar-refractivity contribution in [1.29, 1.82) is 0 Å². The Morgan fingerprint density at radius 1 is 1.03 bits per heavy atom. The number of aromatic amines is 1. The number of nitrogens with zero attached hydrogens (tertiary/aromatic N) is 4. The second-order valence-electron chi connectivity index (χ2n) is 10.5. The monoisotopic (exact) mass is 549 g/mol. The first-order valence-electron chi connectivity index (χ1n) is 12.7. The van der Waals surface area contributed by atoms with E-state index in [0.29, 0.717) is 18.7 Å². The highest BCUT2D eigenvalue weighted by Gasteiger charge is 2.58. The van der Waals surface area contributed by atoms with Crippen LogP contribution in [0.15, 0.2) is 42.5 Å². The van der Waals surface area contributed by atoms with Crippen LogP contribution in [0, 0.1) is 11.8 Å². The average Bonchev–Trinajstić information content (AvgIpc) is 3.53. The van der Waals surface area contributed by atoms with Gasteiger partial charge >= 0.3 is 0 Å². The van der Waals surface area contributed by atoms with Gasteiger partial charge in [0.2, 0.25) is 15.9 Å². The lowest BCUT2D eigenvalue weighted by molar-refractivity contribution is -0.129. The molecule has 202 valence electrons. The van der Waals surface area contributed by atoms with Gasteiger partial charge in [0.15, 0.2) is 0 Å². The molecule has 0 bridgehead atoms. The van der Waals surface area contributed by atoms with Crippen molar-refractivity contribution in [2.75, 3.05) is 43.9 Å². The van der Waals surface area contributed by atoms with E-state index < -0.39 is 28.0 Å². The SMILES string of the molecule is CC(C)[C@@H]1C(=O)N(S(C)(=O)=O)[C@@H]2CCN(C(=O)c3ccc(CN4CCN(c5ccccc5)CC4)[nH]3)[C@H]21.Cl. The van der Waals surface area contributed by atoms with Crippen LogP contribution >= 0.6 is 12.4 Å². The zero-order chi connectivity index (χ0) is 25.6. The second-order valence-corrected chi connectivity index (χ2v) is 12.4. The number of H-pyrrole nitrogens is 1. The molecule has 0 spiro atoms. The van der Waals surface area contributed by atoms with E-state index in [-0.39, 0.29) is 30.1 Å². The molecule has 2 aromatic rings. The third kappa shape index (κ3) is 5.24. The van der Waals surface area contributed by atoms with Gasteiger partial charge in [-0.25, -0.2) is 12.7 Å². The number of benzene rings is 1. The normalized spacial score (nSPS) is 24.5. The summed E-state index contributed by atoms with van der Waals surface area (Å²) < 4.78 is 25.8. The van der Waals surface area contributed by atoms with E-state index in [9.17, 15) is 18.0 Å². The summed E-state index contributed by atoms with van der Waals surface area (Å²) in [4.78, 5) is 36.3. The van der Waals surface area contributed by atoms with E-state index in [1.807, 2.05) is 26.0 Å². The Labute approximate surface area is 225 Å². The zero-order valence-electron chi connectivity index (χ0n) is 21.5. The largest absolute Gasteiger partial charge is 0.369 e. The molecular weight excluding hydrogens is 514 g/mol. The molecule has 0 unspecified atom stereocenters. The lowest BCUT2D eigenvalue weighted by Crippen LogP contribution is -2.46. The molecule has 0 radical (unpaired) electrons. The van der Waals surface area contributed by atoms with Crippen LogP contribution in [-0.2, 0) is 21.4 Å². The molecule has 2 amide bonds. The molecule has 3 fully saturated rings. The highest BCUT2D eigenvalue weighted by molar-refractivity contribution is 7.88. The molecule has 5 rings (SSSR count). The van der Waals surface area contributed by atoms with Crippen molar-refractivity contribution < 1.29 is 18.0 Å². The molecule has 3 saturated heterocycles. The van der Waals surface area contributed by atoms with Gasteiger partial charge in [-0.1, -0.05) is 32.0 Å². The summed E-state index contributed by atoms with van der Waals surface area (Å²) in [6, 6.07) is 13.3. The Balaban J connectivity index is 0.00000320. The van der Waals surface area contributed by atoms with E-state index in [1.165, 1.54) is 5.69 Å². The summed E-state index contributed by atoms with van der Waals surface area (Å²) in [6.45, 7) is 8.78. The fourth-order valence-corrected chi connectivity index (χ4v) is 7.30. The Bertz CT molecular complexity index is 1230. The summed E-state index contributed by atoms with van der Waals surface area (Å²) in [5.41, 5.74) is 2.71. The quantitative estimate of drug-likeness (QED) is 0.594. The summed E-state index contributed by atoms with van der Waals surface area (Å²) >= 11 is 0. The number of sulfonamides is 1. The number of fused-ring (bicyclic) bond motifs is 1. The van der Waals surface area contributed by atoms with E-state index in [1.54, 1.807) is 11.0 Å². The van der Waals surface area contributed by atoms with E-state index in [4.69, 9.17) is 0 Å². The number of carbonyl (C=O) groups excluding carboxylic acids is 2. The van der Waals surface area contributed by atoms with Crippen LogP contribution in [-0.4, -0.2) is 90.4 Å². The van der Waals surface area contributed by atoms with Crippen molar-refractivity contribution in [2.24, 2.45) is 11.8 Å². The Kier molecular flexibility index (Phi) is 7.92. The van der Waals surface area contributed by atoms with Gasteiger partial charge < -0.3 is 14.8 Å². The maximum Gasteiger partial charge on any atom is 0.270 e. The molecule has 4 heterocycles. The van der Waals surface area contributed by atoms with Crippen molar-refractivity contribution in [3.05, 3.63) is 53.9 Å². The number of amides is 2. The molecule has 1 aromatic carbocycles. The van der Waals surface area contributed by atoms with E-state index >= 15 is 0 Å². The van der Waals surface area contributed by atoms with Crippen molar-refractivity contribution in [3.8, 4) is 0 Å². The molecule has 11 heteroatoms. The number of hydrogen-bond acceptors (Lipinski definition) is 6. The lowest BCUT2D eigenvalue weighted by Gasteiger charge is -2.35. The minimum atomic E-state index is -3.69. The summed E-state index contributed by atoms with van der Waals surface area (Å²) in [5, 5.41) is 0. The number of piperazine rings is 1. The van der Waals surface area contributed by atoms with Crippen LogP contribution in [0.25, 0.3) is 0 Å². The third-order valence-electron chi connectivity index (χ3n) is 7.79. The number of aromatic nitrogens is 1. The van der Waals surface area contributed by atoms with Crippen LogP contribution in [0.2, 0.25) is 0 Å². The highest BCUT2D eigenvalue weighted by Crippen LogP contribution is 2.41. The molecule has 1 N–H and O–H groups in total. The van der Waals surface area contributed by atoms with Crippen LogP contribution < -0.4 is 4.90 Å². The molecule has 1 aromatic heterocycles. The van der Waals surface area contributed by atoms with Gasteiger partial charge in [-0.05, 0) is 36.6 Å². The fraction of sp³-hybridized carbons (Fsp3) is 0.538. The number of halogens is 1. The summed E-state index contributed by atoms with van der Waals surface area (Å²) in [5.74, 6) is -1.15. The van der Waals surface area contributed by atoms with E-state index in [2.05, 4.69) is 39.0 Å². The smallest absolute Gasteiger partial charge is 0.270 e. The molecule has 3 aliphatic rings. The summed E-state index contributed by atoms with van der Waals surface area (Å²) in [6.07, 6.45) is 1.55. The Morgan fingerprint density at radius 3 is 2.32 bits per heavy atom. The van der Waals surface area contributed by atoms with Crippen LogP contribution in [0.1, 0.15) is 36.5 Å².